The summed E-state index contributed by atoms with van der Waals surface area (Å²) in [6.07, 6.45) is 3.74. The lowest BCUT2D eigenvalue weighted by atomic mass is 10.3. The smallest absolute Gasteiger partial charge is 0.109 e. The molecule has 0 aliphatic carbocycles. The van der Waals surface area contributed by atoms with Gasteiger partial charge in [-0.05, 0) is 26.0 Å². The standard InChI is InChI=1S/C15H16N4S/c1-10-7-18-15(20-10)11(2)16-8-12-9-17-13-5-3-4-6-14(13)19-12/h3-7,9,11,16H,8H2,1-2H3. The summed E-state index contributed by atoms with van der Waals surface area (Å²) in [5.74, 6) is 0. The van der Waals surface area contributed by atoms with Crippen LogP contribution in [0.15, 0.2) is 36.7 Å². The molecule has 3 rings (SSSR count). The molecule has 1 unspecified atom stereocenters. The van der Waals surface area contributed by atoms with Gasteiger partial charge in [0.25, 0.3) is 0 Å². The van der Waals surface area contributed by atoms with Crippen molar-refractivity contribution in [1.82, 2.24) is 20.3 Å². The van der Waals surface area contributed by atoms with E-state index in [0.29, 0.717) is 6.54 Å². The van der Waals surface area contributed by atoms with Crippen LogP contribution in [0.5, 0.6) is 0 Å². The molecule has 1 N–H and O–H groups in total. The second-order valence-electron chi connectivity index (χ2n) is 4.76. The van der Waals surface area contributed by atoms with Crippen LogP contribution in [0.1, 0.15) is 28.5 Å². The Hall–Kier alpha value is -1.85. The molecule has 0 aliphatic heterocycles. The van der Waals surface area contributed by atoms with Crippen molar-refractivity contribution in [3.05, 3.63) is 52.2 Å². The van der Waals surface area contributed by atoms with E-state index in [1.807, 2.05) is 36.7 Å². The van der Waals surface area contributed by atoms with Crippen molar-refractivity contribution in [2.24, 2.45) is 0 Å². The summed E-state index contributed by atoms with van der Waals surface area (Å²) in [6, 6.07) is 8.14. The number of thiazole rings is 1. The molecular formula is C15H16N4S. The molecule has 0 amide bonds. The molecule has 0 bridgehead atoms. The molecule has 3 aromatic rings. The zero-order valence-electron chi connectivity index (χ0n) is 11.5. The van der Waals surface area contributed by atoms with Gasteiger partial charge in [-0.25, -0.2) is 9.97 Å². The molecule has 0 saturated carbocycles. The Labute approximate surface area is 121 Å². The fourth-order valence-corrected chi connectivity index (χ4v) is 2.80. The second-order valence-corrected chi connectivity index (χ2v) is 6.03. The Morgan fingerprint density at radius 1 is 1.15 bits per heavy atom. The van der Waals surface area contributed by atoms with E-state index in [1.165, 1.54) is 4.88 Å². The maximum Gasteiger partial charge on any atom is 0.109 e. The van der Waals surface area contributed by atoms with E-state index >= 15 is 0 Å². The van der Waals surface area contributed by atoms with Crippen LogP contribution in [0.2, 0.25) is 0 Å². The number of para-hydroxylation sites is 2. The molecule has 20 heavy (non-hydrogen) atoms. The van der Waals surface area contributed by atoms with Crippen LogP contribution in [-0.2, 0) is 6.54 Å². The summed E-state index contributed by atoms with van der Waals surface area (Å²) >= 11 is 1.72. The van der Waals surface area contributed by atoms with Crippen molar-refractivity contribution < 1.29 is 0 Å². The lowest BCUT2D eigenvalue weighted by Crippen LogP contribution is -2.18. The highest BCUT2D eigenvalue weighted by Crippen LogP contribution is 2.19. The van der Waals surface area contributed by atoms with Crippen molar-refractivity contribution in [3.63, 3.8) is 0 Å². The van der Waals surface area contributed by atoms with Crippen molar-refractivity contribution >= 4 is 22.4 Å². The number of fused-ring (bicyclic) bond motifs is 1. The summed E-state index contributed by atoms with van der Waals surface area (Å²) in [4.78, 5) is 14.7. The van der Waals surface area contributed by atoms with Gasteiger partial charge in [-0.15, -0.1) is 11.3 Å². The molecular weight excluding hydrogens is 268 g/mol. The van der Waals surface area contributed by atoms with Crippen LogP contribution in [-0.4, -0.2) is 15.0 Å². The number of aromatic nitrogens is 3. The molecule has 2 heterocycles. The molecule has 102 valence electrons. The van der Waals surface area contributed by atoms with Gasteiger partial charge in [0.05, 0.1) is 29.0 Å². The summed E-state index contributed by atoms with van der Waals surface area (Å²) < 4.78 is 0. The van der Waals surface area contributed by atoms with E-state index < -0.39 is 0 Å². The van der Waals surface area contributed by atoms with Gasteiger partial charge in [-0.2, -0.15) is 0 Å². The molecule has 0 spiro atoms. The average molecular weight is 284 g/mol. The number of nitrogens with one attached hydrogen (secondary N) is 1. The maximum atomic E-state index is 4.60. The Morgan fingerprint density at radius 2 is 1.95 bits per heavy atom. The monoisotopic (exact) mass is 284 g/mol. The van der Waals surface area contributed by atoms with E-state index in [-0.39, 0.29) is 6.04 Å². The zero-order valence-corrected chi connectivity index (χ0v) is 12.3. The van der Waals surface area contributed by atoms with Gasteiger partial charge >= 0.3 is 0 Å². The second kappa shape index (κ2) is 5.64. The van der Waals surface area contributed by atoms with E-state index in [0.717, 1.165) is 21.7 Å². The van der Waals surface area contributed by atoms with Crippen LogP contribution in [0.4, 0.5) is 0 Å². The average Bonchev–Trinajstić information content (AvgIpc) is 2.91. The topological polar surface area (TPSA) is 50.7 Å². The molecule has 0 fully saturated rings. The molecule has 1 aromatic carbocycles. The van der Waals surface area contributed by atoms with Gasteiger partial charge in [0.2, 0.25) is 0 Å². The van der Waals surface area contributed by atoms with Gasteiger partial charge in [0.1, 0.15) is 5.01 Å². The van der Waals surface area contributed by atoms with Crippen molar-refractivity contribution in [2.75, 3.05) is 0 Å². The van der Waals surface area contributed by atoms with Gasteiger partial charge in [0, 0.05) is 17.6 Å². The quantitative estimate of drug-likeness (QED) is 0.799. The first-order valence-electron chi connectivity index (χ1n) is 6.59. The number of benzene rings is 1. The highest BCUT2D eigenvalue weighted by Gasteiger charge is 2.09. The predicted octanol–water partition coefficient (Wildman–Crippen LogP) is 3.25. The normalized spacial score (nSPS) is 12.7. The van der Waals surface area contributed by atoms with Crippen molar-refractivity contribution in [3.8, 4) is 0 Å². The van der Waals surface area contributed by atoms with Gasteiger partial charge < -0.3 is 5.32 Å². The lowest BCUT2D eigenvalue weighted by Gasteiger charge is -2.10. The number of hydrogen-bond donors (Lipinski definition) is 1. The fraction of sp³-hybridized carbons (Fsp3) is 0.267. The molecule has 2 aromatic heterocycles. The highest BCUT2D eigenvalue weighted by atomic mass is 32.1. The summed E-state index contributed by atoms with van der Waals surface area (Å²) in [7, 11) is 0. The third kappa shape index (κ3) is 2.84. The van der Waals surface area contributed by atoms with Crippen LogP contribution < -0.4 is 5.32 Å². The highest BCUT2D eigenvalue weighted by molar-refractivity contribution is 7.11. The Kier molecular flexibility index (Phi) is 3.71. The van der Waals surface area contributed by atoms with Crippen LogP contribution >= 0.6 is 11.3 Å². The van der Waals surface area contributed by atoms with Crippen molar-refractivity contribution in [2.45, 2.75) is 26.4 Å². The molecule has 0 aliphatic rings. The third-order valence-electron chi connectivity index (χ3n) is 3.10. The number of rotatable bonds is 4. The Morgan fingerprint density at radius 3 is 2.70 bits per heavy atom. The fourth-order valence-electron chi connectivity index (χ4n) is 2.00. The SMILES string of the molecule is Cc1cnc(C(C)NCc2cnc3ccccc3n2)s1. The van der Waals surface area contributed by atoms with Gasteiger partial charge in [-0.3, -0.25) is 4.98 Å². The van der Waals surface area contributed by atoms with Crippen molar-refractivity contribution in [1.29, 1.82) is 0 Å². The van der Waals surface area contributed by atoms with Gasteiger partial charge in [-0.1, -0.05) is 12.1 Å². The summed E-state index contributed by atoms with van der Waals surface area (Å²) in [5.41, 5.74) is 2.81. The van der Waals surface area contributed by atoms with Crippen LogP contribution in [0.25, 0.3) is 11.0 Å². The summed E-state index contributed by atoms with van der Waals surface area (Å²) in [5, 5.41) is 4.55. The lowest BCUT2D eigenvalue weighted by molar-refractivity contribution is 0.565. The largest absolute Gasteiger partial charge is 0.302 e. The minimum absolute atomic E-state index is 0.224. The number of aryl methyl sites for hydroxylation is 1. The first kappa shape index (κ1) is 13.1. The predicted molar refractivity (Wildman–Crippen MR) is 81.6 cm³/mol. The first-order valence-corrected chi connectivity index (χ1v) is 7.40. The molecule has 4 nitrogen and oxygen atoms in total. The van der Waals surface area contributed by atoms with Gasteiger partial charge in [0.15, 0.2) is 0 Å². The Bertz CT molecular complexity index is 722. The van der Waals surface area contributed by atoms with Crippen LogP contribution in [0, 0.1) is 6.92 Å². The molecule has 0 saturated heterocycles. The molecule has 5 heteroatoms. The summed E-state index contributed by atoms with van der Waals surface area (Å²) in [6.45, 7) is 4.88. The Balaban J connectivity index is 1.70. The molecule has 1 atom stereocenters. The minimum Gasteiger partial charge on any atom is -0.302 e. The maximum absolute atomic E-state index is 4.60. The zero-order chi connectivity index (χ0) is 13.9. The minimum atomic E-state index is 0.224. The van der Waals surface area contributed by atoms with E-state index in [9.17, 15) is 0 Å². The van der Waals surface area contributed by atoms with E-state index in [2.05, 4.69) is 34.1 Å². The van der Waals surface area contributed by atoms with E-state index in [1.54, 1.807) is 11.3 Å². The molecule has 0 radical (unpaired) electrons. The number of nitrogens with zero attached hydrogens (tertiary/aromatic N) is 3. The van der Waals surface area contributed by atoms with E-state index in [4.69, 9.17) is 0 Å². The third-order valence-corrected chi connectivity index (χ3v) is 4.19. The van der Waals surface area contributed by atoms with Crippen LogP contribution in [0.3, 0.4) is 0 Å². The number of hydrogen-bond acceptors (Lipinski definition) is 5. The first-order chi connectivity index (χ1) is 9.72.